The van der Waals surface area contributed by atoms with Gasteiger partial charge in [0.05, 0.1) is 6.10 Å². The molecule has 0 spiro atoms. The first kappa shape index (κ1) is 8.79. The highest BCUT2D eigenvalue weighted by Gasteiger charge is 1.90. The fourth-order valence-corrected chi connectivity index (χ4v) is 0.691. The van der Waals surface area contributed by atoms with Crippen molar-refractivity contribution in [3.8, 4) is 0 Å². The minimum absolute atomic E-state index is 0.381. The van der Waals surface area contributed by atoms with Crippen LogP contribution >= 0.6 is 11.8 Å². The lowest BCUT2D eigenvalue weighted by Crippen LogP contribution is -1.97. The molecular weight excluding hydrogens is 132 g/mol. The monoisotopic (exact) mass is 144 g/mol. The first-order chi connectivity index (χ1) is 4.31. The number of aliphatic hydroxyl groups excluding tert-OH is 1. The number of hydrogen-bond donors (Lipinski definition) is 1. The van der Waals surface area contributed by atoms with Gasteiger partial charge in [0.25, 0.3) is 0 Å². The number of thioether (sulfide) groups is 1. The first-order valence-electron chi connectivity index (χ1n) is 2.79. The molecule has 0 aliphatic carbocycles. The molecule has 0 bridgehead atoms. The average Bonchev–Trinajstić information content (AvgIpc) is 1.89. The molecule has 0 aliphatic rings. The second kappa shape index (κ2) is 5.92. The predicted molar refractivity (Wildman–Crippen MR) is 43.5 cm³/mol. The third kappa shape index (κ3) is 5.66. The molecule has 0 saturated carbocycles. The topological polar surface area (TPSA) is 20.2 Å². The third-order valence-electron chi connectivity index (χ3n) is 0.882. The Bertz CT molecular complexity index is 99.1. The fraction of sp³-hybridized carbons (Fsp3) is 0.429. The summed E-state index contributed by atoms with van der Waals surface area (Å²) in [6.45, 7) is 3.45. The largest absolute Gasteiger partial charge is 0.389 e. The van der Waals surface area contributed by atoms with E-state index in [9.17, 15) is 0 Å². The maximum Gasteiger partial charge on any atom is 0.0753 e. The van der Waals surface area contributed by atoms with E-state index in [-0.39, 0.29) is 6.10 Å². The Morgan fingerprint density at radius 3 is 2.89 bits per heavy atom. The summed E-state index contributed by atoms with van der Waals surface area (Å²) in [4.78, 5) is 0. The highest BCUT2D eigenvalue weighted by atomic mass is 32.2. The summed E-state index contributed by atoms with van der Waals surface area (Å²) in [5.74, 6) is 0. The molecule has 0 amide bonds. The van der Waals surface area contributed by atoms with E-state index in [1.54, 1.807) is 11.8 Å². The van der Waals surface area contributed by atoms with Crippen LogP contribution in [-0.4, -0.2) is 17.5 Å². The zero-order valence-corrected chi connectivity index (χ0v) is 6.40. The van der Waals surface area contributed by atoms with Crippen LogP contribution in [0.2, 0.25) is 0 Å². The van der Waals surface area contributed by atoms with Gasteiger partial charge in [-0.05, 0) is 18.1 Å². The minimum Gasteiger partial charge on any atom is -0.389 e. The van der Waals surface area contributed by atoms with Crippen molar-refractivity contribution in [3.63, 3.8) is 0 Å². The molecule has 0 aromatic heterocycles. The maximum atomic E-state index is 8.91. The van der Waals surface area contributed by atoms with E-state index >= 15 is 0 Å². The van der Waals surface area contributed by atoms with Gasteiger partial charge in [0, 0.05) is 0 Å². The first-order valence-corrected chi connectivity index (χ1v) is 4.08. The quantitative estimate of drug-likeness (QED) is 0.607. The summed E-state index contributed by atoms with van der Waals surface area (Å²) in [7, 11) is 0. The van der Waals surface area contributed by atoms with Crippen molar-refractivity contribution in [1.82, 2.24) is 0 Å². The van der Waals surface area contributed by atoms with Crippen molar-refractivity contribution < 1.29 is 5.11 Å². The van der Waals surface area contributed by atoms with Gasteiger partial charge in [0.2, 0.25) is 0 Å². The fourth-order valence-electron chi connectivity index (χ4n) is 0.387. The summed E-state index contributed by atoms with van der Waals surface area (Å²) in [5.41, 5.74) is 0. The summed E-state index contributed by atoms with van der Waals surface area (Å²) >= 11 is 1.63. The van der Waals surface area contributed by atoms with Crippen LogP contribution in [0.4, 0.5) is 0 Å². The lowest BCUT2D eigenvalue weighted by atomic mass is 10.2. The zero-order chi connectivity index (χ0) is 7.11. The minimum atomic E-state index is -0.381. The molecule has 0 radical (unpaired) electrons. The number of rotatable bonds is 4. The van der Waals surface area contributed by atoms with Crippen LogP contribution in [0.15, 0.2) is 24.1 Å². The predicted octanol–water partition coefficient (Wildman–Crippen LogP) is 1.80. The molecule has 0 saturated heterocycles. The summed E-state index contributed by atoms with van der Waals surface area (Å²) in [5, 5.41) is 10.9. The van der Waals surface area contributed by atoms with Crippen molar-refractivity contribution in [2.75, 3.05) is 6.26 Å². The highest BCUT2D eigenvalue weighted by Crippen LogP contribution is 1.98. The normalized spacial score (nSPS) is 14.0. The Balaban J connectivity index is 3.25. The van der Waals surface area contributed by atoms with Crippen LogP contribution in [0.3, 0.4) is 0 Å². The SMILES string of the molecule is C=CC(O)C/C=C/SC. The van der Waals surface area contributed by atoms with Crippen LogP contribution in [-0.2, 0) is 0 Å². The Hall–Kier alpha value is -0.210. The van der Waals surface area contributed by atoms with Crippen LogP contribution in [0.1, 0.15) is 6.42 Å². The molecule has 0 fully saturated rings. The number of hydrogen-bond acceptors (Lipinski definition) is 2. The van der Waals surface area contributed by atoms with Gasteiger partial charge in [-0.3, -0.25) is 0 Å². The molecule has 0 aromatic rings. The Morgan fingerprint density at radius 1 is 1.78 bits per heavy atom. The Morgan fingerprint density at radius 2 is 2.44 bits per heavy atom. The molecule has 1 nitrogen and oxygen atoms in total. The smallest absolute Gasteiger partial charge is 0.0753 e. The number of aliphatic hydroxyl groups is 1. The van der Waals surface area contributed by atoms with Crippen LogP contribution in [0.25, 0.3) is 0 Å². The molecule has 2 heteroatoms. The molecule has 1 N–H and O–H groups in total. The second-order valence-corrected chi connectivity index (χ2v) is 2.39. The van der Waals surface area contributed by atoms with E-state index in [1.165, 1.54) is 6.08 Å². The maximum absolute atomic E-state index is 8.91. The van der Waals surface area contributed by atoms with E-state index < -0.39 is 0 Å². The molecule has 0 aromatic carbocycles. The van der Waals surface area contributed by atoms with Crippen molar-refractivity contribution in [1.29, 1.82) is 0 Å². The summed E-state index contributed by atoms with van der Waals surface area (Å²) < 4.78 is 0. The molecule has 9 heavy (non-hydrogen) atoms. The van der Waals surface area contributed by atoms with Gasteiger partial charge >= 0.3 is 0 Å². The van der Waals surface area contributed by atoms with Gasteiger partial charge in [-0.15, -0.1) is 18.3 Å². The van der Waals surface area contributed by atoms with Crippen LogP contribution in [0, 0.1) is 0 Å². The van der Waals surface area contributed by atoms with Crippen molar-refractivity contribution in [2.45, 2.75) is 12.5 Å². The molecule has 1 unspecified atom stereocenters. The van der Waals surface area contributed by atoms with Crippen molar-refractivity contribution >= 4 is 11.8 Å². The third-order valence-corrected chi connectivity index (χ3v) is 1.35. The molecule has 0 aliphatic heterocycles. The second-order valence-electron chi connectivity index (χ2n) is 1.65. The molecule has 52 valence electrons. The van der Waals surface area contributed by atoms with Gasteiger partial charge in [0.1, 0.15) is 0 Å². The van der Waals surface area contributed by atoms with Crippen LogP contribution in [0.5, 0.6) is 0 Å². The molecular formula is C7H12OS. The van der Waals surface area contributed by atoms with Gasteiger partial charge in [-0.1, -0.05) is 12.2 Å². The van der Waals surface area contributed by atoms with E-state index in [0.717, 1.165) is 0 Å². The van der Waals surface area contributed by atoms with E-state index in [1.807, 2.05) is 17.7 Å². The summed E-state index contributed by atoms with van der Waals surface area (Å²) in [6.07, 6.45) is 5.73. The van der Waals surface area contributed by atoms with E-state index in [0.29, 0.717) is 6.42 Å². The Labute approximate surface area is 60.5 Å². The standard InChI is InChI=1S/C7H12OS/c1-3-7(8)5-4-6-9-2/h3-4,6-8H,1,5H2,2H3/b6-4+. The van der Waals surface area contributed by atoms with Gasteiger partial charge in [-0.2, -0.15) is 0 Å². The summed E-state index contributed by atoms with van der Waals surface area (Å²) in [6, 6.07) is 0. The molecule has 0 rings (SSSR count). The van der Waals surface area contributed by atoms with E-state index in [2.05, 4.69) is 6.58 Å². The molecule has 1 atom stereocenters. The molecule has 0 heterocycles. The average molecular weight is 144 g/mol. The van der Waals surface area contributed by atoms with Crippen LogP contribution < -0.4 is 0 Å². The van der Waals surface area contributed by atoms with Crippen molar-refractivity contribution in [2.24, 2.45) is 0 Å². The van der Waals surface area contributed by atoms with E-state index in [4.69, 9.17) is 5.11 Å². The lowest BCUT2D eigenvalue weighted by molar-refractivity contribution is 0.227. The lowest BCUT2D eigenvalue weighted by Gasteiger charge is -1.96. The highest BCUT2D eigenvalue weighted by molar-refractivity contribution is 8.01. The van der Waals surface area contributed by atoms with Gasteiger partial charge in [0.15, 0.2) is 0 Å². The van der Waals surface area contributed by atoms with Crippen molar-refractivity contribution in [3.05, 3.63) is 24.1 Å². The Kier molecular flexibility index (Phi) is 5.78. The van der Waals surface area contributed by atoms with Gasteiger partial charge in [-0.25, -0.2) is 0 Å². The van der Waals surface area contributed by atoms with Gasteiger partial charge < -0.3 is 5.11 Å². The zero-order valence-electron chi connectivity index (χ0n) is 5.58.